The van der Waals surface area contributed by atoms with Crippen LogP contribution in [-0.4, -0.2) is 18.5 Å². The average molecular weight is 270 g/mol. The summed E-state index contributed by atoms with van der Waals surface area (Å²) in [5.74, 6) is -1.32. The van der Waals surface area contributed by atoms with Crippen molar-refractivity contribution in [1.29, 1.82) is 0 Å². The number of carbonyl (C=O) groups is 1. The molecule has 0 saturated carbocycles. The molecule has 0 spiro atoms. The van der Waals surface area contributed by atoms with Gasteiger partial charge < -0.3 is 10.6 Å². The van der Waals surface area contributed by atoms with E-state index < -0.39 is 11.6 Å². The van der Waals surface area contributed by atoms with Crippen molar-refractivity contribution in [1.82, 2.24) is 10.6 Å². The number of hydrogen-bond acceptors (Lipinski definition) is 2. The Morgan fingerprint density at radius 1 is 1.26 bits per heavy atom. The van der Waals surface area contributed by atoms with Crippen LogP contribution in [0.1, 0.15) is 32.3 Å². The predicted octanol–water partition coefficient (Wildman–Crippen LogP) is 2.36. The normalized spacial score (nSPS) is 10.8. The van der Waals surface area contributed by atoms with Crippen molar-refractivity contribution in [2.45, 2.75) is 39.3 Å². The lowest BCUT2D eigenvalue weighted by atomic mass is 10.2. The van der Waals surface area contributed by atoms with Crippen molar-refractivity contribution in [3.63, 3.8) is 0 Å². The van der Waals surface area contributed by atoms with Gasteiger partial charge in [0.25, 0.3) is 0 Å². The molecule has 5 heteroatoms. The molecule has 0 radical (unpaired) electrons. The van der Waals surface area contributed by atoms with Crippen LogP contribution in [0, 0.1) is 11.6 Å². The highest BCUT2D eigenvalue weighted by Gasteiger charge is 2.08. The maximum Gasteiger partial charge on any atom is 0.234 e. The number of amides is 1. The van der Waals surface area contributed by atoms with E-state index in [4.69, 9.17) is 0 Å². The van der Waals surface area contributed by atoms with E-state index in [1.54, 1.807) is 0 Å². The number of nitrogens with one attached hydrogen (secondary N) is 2. The van der Waals surface area contributed by atoms with Gasteiger partial charge in [-0.05, 0) is 18.9 Å². The Bertz CT molecular complexity index is 420. The van der Waals surface area contributed by atoms with Crippen molar-refractivity contribution in [3.8, 4) is 0 Å². The van der Waals surface area contributed by atoms with Crippen molar-refractivity contribution < 1.29 is 13.6 Å². The Morgan fingerprint density at radius 3 is 2.53 bits per heavy atom. The molecule has 0 aromatic heterocycles. The van der Waals surface area contributed by atoms with Crippen molar-refractivity contribution in [3.05, 3.63) is 35.4 Å². The van der Waals surface area contributed by atoms with Gasteiger partial charge in [0.15, 0.2) is 0 Å². The molecule has 1 rings (SSSR count). The predicted molar refractivity (Wildman–Crippen MR) is 70.6 cm³/mol. The molecule has 1 aromatic carbocycles. The lowest BCUT2D eigenvalue weighted by Crippen LogP contribution is -2.39. The fourth-order valence-electron chi connectivity index (χ4n) is 1.75. The summed E-state index contributed by atoms with van der Waals surface area (Å²) in [6.07, 6.45) is 1.77. The molecule has 0 aliphatic heterocycles. The Morgan fingerprint density at radius 2 is 1.95 bits per heavy atom. The van der Waals surface area contributed by atoms with Gasteiger partial charge in [0.05, 0.1) is 6.54 Å². The first-order chi connectivity index (χ1) is 9.06. The fraction of sp³-hybridized carbons (Fsp3) is 0.500. The van der Waals surface area contributed by atoms with Gasteiger partial charge >= 0.3 is 0 Å². The smallest absolute Gasteiger partial charge is 0.234 e. The molecule has 0 aliphatic rings. The second-order valence-electron chi connectivity index (χ2n) is 4.42. The molecule has 0 fully saturated rings. The summed E-state index contributed by atoms with van der Waals surface area (Å²) in [5, 5.41) is 5.71. The SMILES string of the molecule is CCC(CC)NC(=O)CNCc1ccc(F)cc1F. The molecule has 3 nitrogen and oxygen atoms in total. The quantitative estimate of drug-likeness (QED) is 0.798. The first kappa shape index (κ1) is 15.6. The van der Waals surface area contributed by atoms with Crippen LogP contribution in [0.4, 0.5) is 8.78 Å². The Kier molecular flexibility index (Phi) is 6.42. The van der Waals surface area contributed by atoms with E-state index in [9.17, 15) is 13.6 Å². The van der Waals surface area contributed by atoms with Crippen LogP contribution in [0.2, 0.25) is 0 Å². The topological polar surface area (TPSA) is 41.1 Å². The molecule has 0 atom stereocenters. The minimum atomic E-state index is -0.604. The summed E-state index contributed by atoms with van der Waals surface area (Å²) in [6, 6.07) is 3.58. The van der Waals surface area contributed by atoms with Crippen LogP contribution in [0.3, 0.4) is 0 Å². The van der Waals surface area contributed by atoms with E-state index in [0.29, 0.717) is 5.56 Å². The van der Waals surface area contributed by atoms with Gasteiger partial charge in [-0.25, -0.2) is 8.78 Å². The largest absolute Gasteiger partial charge is 0.352 e. The van der Waals surface area contributed by atoms with Crippen LogP contribution < -0.4 is 10.6 Å². The molecule has 0 saturated heterocycles. The van der Waals surface area contributed by atoms with Gasteiger partial charge in [-0.2, -0.15) is 0 Å². The number of carbonyl (C=O) groups excluding carboxylic acids is 1. The second-order valence-corrected chi connectivity index (χ2v) is 4.42. The van der Waals surface area contributed by atoms with Crippen LogP contribution in [0.5, 0.6) is 0 Å². The molecule has 0 unspecified atom stereocenters. The third-order valence-corrected chi connectivity index (χ3v) is 2.97. The summed E-state index contributed by atoms with van der Waals surface area (Å²) < 4.78 is 26.0. The zero-order chi connectivity index (χ0) is 14.3. The van der Waals surface area contributed by atoms with Crippen LogP contribution in [0.15, 0.2) is 18.2 Å². The molecule has 106 valence electrons. The number of benzene rings is 1. The lowest BCUT2D eigenvalue weighted by molar-refractivity contribution is -0.121. The molecule has 0 heterocycles. The fourth-order valence-corrected chi connectivity index (χ4v) is 1.75. The average Bonchev–Trinajstić information content (AvgIpc) is 2.38. The molecule has 2 N–H and O–H groups in total. The van der Waals surface area contributed by atoms with Gasteiger partial charge in [-0.3, -0.25) is 4.79 Å². The van der Waals surface area contributed by atoms with Gasteiger partial charge in [-0.15, -0.1) is 0 Å². The molecular weight excluding hydrogens is 250 g/mol. The zero-order valence-corrected chi connectivity index (χ0v) is 11.3. The van der Waals surface area contributed by atoms with Crippen molar-refractivity contribution in [2.75, 3.05) is 6.54 Å². The first-order valence-corrected chi connectivity index (χ1v) is 6.50. The van der Waals surface area contributed by atoms with Gasteiger partial charge in [0.2, 0.25) is 5.91 Å². The highest BCUT2D eigenvalue weighted by Crippen LogP contribution is 2.08. The molecule has 1 amide bonds. The number of hydrogen-bond donors (Lipinski definition) is 2. The van der Waals surface area contributed by atoms with E-state index >= 15 is 0 Å². The maximum absolute atomic E-state index is 13.3. The molecule has 1 aromatic rings. The van der Waals surface area contributed by atoms with Crippen molar-refractivity contribution in [2.24, 2.45) is 0 Å². The second kappa shape index (κ2) is 7.84. The van der Waals surface area contributed by atoms with E-state index in [-0.39, 0.29) is 25.0 Å². The highest BCUT2D eigenvalue weighted by atomic mass is 19.1. The first-order valence-electron chi connectivity index (χ1n) is 6.50. The Balaban J connectivity index is 2.35. The molecular formula is C14H20F2N2O. The summed E-state index contributed by atoms with van der Waals surface area (Å²) >= 11 is 0. The summed E-state index contributed by atoms with van der Waals surface area (Å²) in [6.45, 7) is 4.33. The molecule has 0 aliphatic carbocycles. The Labute approximate surface area is 112 Å². The summed E-state index contributed by atoms with van der Waals surface area (Å²) in [5.41, 5.74) is 0.344. The number of rotatable bonds is 7. The summed E-state index contributed by atoms with van der Waals surface area (Å²) in [7, 11) is 0. The van der Waals surface area contributed by atoms with Gasteiger partial charge in [0.1, 0.15) is 11.6 Å². The van der Waals surface area contributed by atoms with E-state index in [0.717, 1.165) is 18.9 Å². The third kappa shape index (κ3) is 5.34. The summed E-state index contributed by atoms with van der Waals surface area (Å²) in [4.78, 5) is 11.6. The van der Waals surface area contributed by atoms with E-state index in [2.05, 4.69) is 10.6 Å². The third-order valence-electron chi connectivity index (χ3n) is 2.97. The number of halogens is 2. The molecule has 19 heavy (non-hydrogen) atoms. The monoisotopic (exact) mass is 270 g/mol. The molecule has 0 bridgehead atoms. The standard InChI is InChI=1S/C14H20F2N2O/c1-3-12(4-2)18-14(19)9-17-8-10-5-6-11(15)7-13(10)16/h5-7,12,17H,3-4,8-9H2,1-2H3,(H,18,19). The Hall–Kier alpha value is -1.49. The zero-order valence-electron chi connectivity index (χ0n) is 11.3. The van der Waals surface area contributed by atoms with Gasteiger partial charge in [-0.1, -0.05) is 19.9 Å². The van der Waals surface area contributed by atoms with E-state index in [1.807, 2.05) is 13.8 Å². The highest BCUT2D eigenvalue weighted by molar-refractivity contribution is 5.78. The minimum absolute atomic E-state index is 0.115. The van der Waals surface area contributed by atoms with Gasteiger partial charge in [0, 0.05) is 24.2 Å². The van der Waals surface area contributed by atoms with Crippen LogP contribution in [0.25, 0.3) is 0 Å². The van der Waals surface area contributed by atoms with Crippen LogP contribution in [-0.2, 0) is 11.3 Å². The minimum Gasteiger partial charge on any atom is -0.352 e. The van der Waals surface area contributed by atoms with E-state index in [1.165, 1.54) is 12.1 Å². The van der Waals surface area contributed by atoms with Crippen LogP contribution >= 0.6 is 0 Å². The van der Waals surface area contributed by atoms with Crippen molar-refractivity contribution >= 4 is 5.91 Å². The lowest BCUT2D eigenvalue weighted by Gasteiger charge is -2.15. The maximum atomic E-state index is 13.3.